The van der Waals surface area contributed by atoms with Crippen LogP contribution < -0.4 is 9.13 Å². The van der Waals surface area contributed by atoms with E-state index in [4.69, 9.17) is 4.98 Å². The van der Waals surface area contributed by atoms with Gasteiger partial charge in [0.25, 0.3) is 5.52 Å². The van der Waals surface area contributed by atoms with E-state index in [9.17, 15) is 0 Å². The maximum atomic E-state index is 4.84. The quantitative estimate of drug-likeness (QED) is 0.214. The predicted octanol–water partition coefficient (Wildman–Crippen LogP) is 1.84. The summed E-state index contributed by atoms with van der Waals surface area (Å²) in [6.45, 7) is 2.15. The fourth-order valence-electron chi connectivity index (χ4n) is 3.74. The average Bonchev–Trinajstić information content (AvgIpc) is 3.06. The van der Waals surface area contributed by atoms with Gasteiger partial charge in [-0.3, -0.25) is 0 Å². The molecule has 121 valence electrons. The Labute approximate surface area is 134 Å². The number of nitrogens with zero attached hydrogens (tertiary/aromatic N) is 4. The van der Waals surface area contributed by atoms with E-state index in [2.05, 4.69) is 53.6 Å². The molecule has 0 atom stereocenters. The van der Waals surface area contributed by atoms with Crippen molar-refractivity contribution in [3.05, 3.63) is 59.7 Å². The second-order valence-electron chi connectivity index (χ2n) is 6.32. The van der Waals surface area contributed by atoms with E-state index in [0.717, 1.165) is 23.4 Å². The zero-order valence-corrected chi connectivity index (χ0v) is 16.6. The normalized spacial score (nSPS) is 12.3. The minimum absolute atomic E-state index is 0. The standard InChI is InChI=1S/C19H17N4.Bk/c1-12-6-7-13-8-9-14-11-16-20-15-5-4-10-21(2)19(15)23(16)18(14)17(13)22(12)3;/h4-9H,11H2,1-3H3;/q+1;. The molecule has 4 nitrogen and oxygen atoms in total. The molecule has 0 unspecified atom stereocenters. The third-order valence-electron chi connectivity index (χ3n) is 4.98. The van der Waals surface area contributed by atoms with Gasteiger partial charge in [0.05, 0.1) is 18.9 Å². The number of rotatable bonds is 0. The van der Waals surface area contributed by atoms with Crippen LogP contribution in [0.2, 0.25) is 0 Å². The fraction of sp³-hybridized carbons (Fsp3) is 0.211. The Hall–Kier alpha value is -3.75. The van der Waals surface area contributed by atoms with Gasteiger partial charge in [-0.05, 0) is 12.1 Å². The molecule has 0 spiro atoms. The fourth-order valence-corrected chi connectivity index (χ4v) is 3.74. The minimum atomic E-state index is 0. The molecule has 0 bridgehead atoms. The van der Waals surface area contributed by atoms with Crippen molar-refractivity contribution in [3.63, 3.8) is 0 Å². The number of hydrogen-bond acceptors (Lipinski definition) is 1. The molecule has 3 aromatic heterocycles. The van der Waals surface area contributed by atoms with Gasteiger partial charge in [0.1, 0.15) is 7.05 Å². The summed E-state index contributed by atoms with van der Waals surface area (Å²) in [6.07, 6.45) is 4.13. The van der Waals surface area contributed by atoms with Crippen LogP contribution in [-0.4, -0.2) is 9.55 Å². The molecule has 0 N–H and O–H groups in total. The van der Waals surface area contributed by atoms with E-state index in [-0.39, 0.29) is 0 Å². The molecule has 0 saturated heterocycles. The first-order chi connectivity index (χ1) is 11.1. The van der Waals surface area contributed by atoms with Gasteiger partial charge >= 0.3 is 0 Å². The van der Waals surface area contributed by atoms with Crippen LogP contribution in [0, 0.1) is 13.1 Å². The average molecular weight is 548 g/mol. The molecule has 1 aliphatic heterocycles. The number of aryl methyl sites for hydroxylation is 3. The van der Waals surface area contributed by atoms with Crippen LogP contribution >= 0.6 is 0 Å². The summed E-state index contributed by atoms with van der Waals surface area (Å²) < 4.78 is 6.63. The van der Waals surface area contributed by atoms with Crippen LogP contribution in [0.3, 0.4) is 0 Å². The third kappa shape index (κ3) is 1.50. The van der Waals surface area contributed by atoms with Gasteiger partial charge < -0.3 is 4.57 Å². The largest absolute Gasteiger partial charge is 0.342 e. The van der Waals surface area contributed by atoms with Crippen molar-refractivity contribution in [1.82, 2.24) is 9.55 Å². The van der Waals surface area contributed by atoms with Crippen molar-refractivity contribution in [3.8, 4) is 5.69 Å². The number of hydrogen-bond donors (Lipinski definition) is 0. The first kappa shape index (κ1) is 13.9. The zero-order valence-electron chi connectivity index (χ0n) is 13.8. The summed E-state index contributed by atoms with van der Waals surface area (Å²) in [5.41, 5.74) is 7.26. The molecule has 4 heterocycles. The topological polar surface area (TPSA) is 25.6 Å². The maximum absolute atomic E-state index is 4.84. The Bertz CT molecular complexity index is 1130. The van der Waals surface area contributed by atoms with Crippen LogP contribution in [0.4, 0.5) is 0 Å². The Morgan fingerprint density at radius 1 is 1.12 bits per heavy atom. The maximum Gasteiger partial charge on any atom is 0.259 e. The molecular weight excluding hydrogens is 531 g/mol. The van der Waals surface area contributed by atoms with Crippen molar-refractivity contribution >= 4 is 22.1 Å². The summed E-state index contributed by atoms with van der Waals surface area (Å²) in [6, 6.07) is 12.8. The summed E-state index contributed by atoms with van der Waals surface area (Å²) in [5.74, 6) is 1.11. The van der Waals surface area contributed by atoms with Gasteiger partial charge in [-0.1, -0.05) is 6.07 Å². The van der Waals surface area contributed by atoms with Crippen LogP contribution in [0.15, 0.2) is 36.4 Å². The van der Waals surface area contributed by atoms with Crippen molar-refractivity contribution in [1.29, 1.82) is 0 Å². The van der Waals surface area contributed by atoms with Gasteiger partial charge in [-0.25, -0.2) is 9.55 Å². The van der Waals surface area contributed by atoms with Crippen LogP contribution in [0.25, 0.3) is 27.8 Å². The SMILES string of the molecule is Cc1ccc2ccc3c(c2[n+]1C)-n1c(nc2cc[c-][n+](C)c21)C3.[Bk]. The number of benzene rings is 1. The third-order valence-corrected chi connectivity index (χ3v) is 4.98. The van der Waals surface area contributed by atoms with Crippen LogP contribution in [0.1, 0.15) is 17.1 Å². The number of fused-ring (bicyclic) bond motifs is 7. The summed E-state index contributed by atoms with van der Waals surface area (Å²) in [5, 5.41) is 1.26. The second kappa shape index (κ2) is 4.38. The summed E-state index contributed by atoms with van der Waals surface area (Å²) in [4.78, 5) is 4.84. The Balaban J connectivity index is 0.00000146. The molecule has 5 heteroatoms. The summed E-state index contributed by atoms with van der Waals surface area (Å²) >= 11 is 0. The van der Waals surface area contributed by atoms with Crippen molar-refractivity contribution in [2.45, 2.75) is 13.3 Å². The Morgan fingerprint density at radius 2 is 1.92 bits per heavy atom. The molecule has 1 aromatic carbocycles. The molecule has 1 aliphatic rings. The monoisotopic (exact) mass is 548 g/mol. The van der Waals surface area contributed by atoms with Crippen molar-refractivity contribution in [2.75, 3.05) is 0 Å². The van der Waals surface area contributed by atoms with E-state index in [1.807, 2.05) is 23.7 Å². The number of imidazole rings is 1. The van der Waals surface area contributed by atoms with E-state index < -0.39 is 0 Å². The Kier molecular flexibility index (Phi) is 2.53. The number of aromatic nitrogens is 4. The number of pyridine rings is 2. The smallest absolute Gasteiger partial charge is 0.259 e. The Morgan fingerprint density at radius 3 is 2.75 bits per heavy atom. The molecule has 0 saturated carbocycles. The predicted molar refractivity (Wildman–Crippen MR) is 87.3 cm³/mol. The van der Waals surface area contributed by atoms with Gasteiger partial charge in [-0.2, -0.15) is 4.57 Å². The molecule has 0 fully saturated rings. The van der Waals surface area contributed by atoms with E-state index in [1.165, 1.54) is 27.8 Å². The summed E-state index contributed by atoms with van der Waals surface area (Å²) in [7, 11) is 4.17. The molecule has 0 amide bonds. The zero-order chi connectivity index (χ0) is 15.7. The van der Waals surface area contributed by atoms with E-state index in [0.29, 0.717) is 0 Å². The van der Waals surface area contributed by atoms with E-state index >= 15 is 0 Å². The van der Waals surface area contributed by atoms with Gasteiger partial charge in [0, 0.05) is 30.3 Å². The molecule has 4 aromatic rings. The molecular formula is C19H17BkN4+. The van der Waals surface area contributed by atoms with Crippen LogP contribution in [-0.2, 0) is 20.5 Å². The van der Waals surface area contributed by atoms with Gasteiger partial charge in [-0.15, -0.1) is 12.1 Å². The first-order valence-corrected chi connectivity index (χ1v) is 7.85. The molecule has 24 heavy (non-hydrogen) atoms. The molecule has 1 radical (unpaired) electrons. The molecule has 5 rings (SSSR count). The van der Waals surface area contributed by atoms with Gasteiger partial charge in [0.2, 0.25) is 5.65 Å². The first-order valence-electron chi connectivity index (χ1n) is 7.85. The van der Waals surface area contributed by atoms with Crippen LogP contribution in [0.5, 0.6) is 0 Å². The minimum Gasteiger partial charge on any atom is -0.342 e. The second-order valence-corrected chi connectivity index (χ2v) is 6.32. The molecule has 0 aliphatic carbocycles. The van der Waals surface area contributed by atoms with Gasteiger partial charge in [0.15, 0.2) is 17.2 Å². The van der Waals surface area contributed by atoms with E-state index in [1.54, 1.807) is 0 Å². The van der Waals surface area contributed by atoms with Crippen molar-refractivity contribution < 1.29 is 9.13 Å². The van der Waals surface area contributed by atoms with Crippen molar-refractivity contribution in [2.24, 2.45) is 14.1 Å².